The summed E-state index contributed by atoms with van der Waals surface area (Å²) < 4.78 is 65.9. The van der Waals surface area contributed by atoms with Gasteiger partial charge in [0.25, 0.3) is 10.0 Å². The Morgan fingerprint density at radius 3 is 2.58 bits per heavy atom. The third-order valence-electron chi connectivity index (χ3n) is 2.10. The molecule has 0 bridgehead atoms. The first kappa shape index (κ1) is 15.1. The number of para-hydroxylation sites is 1. The summed E-state index contributed by atoms with van der Waals surface area (Å²) >= 11 is 0. The van der Waals surface area contributed by atoms with E-state index < -0.39 is 33.1 Å². The smallest absolute Gasteiger partial charge is 0.387 e. The zero-order valence-electron chi connectivity index (χ0n) is 9.68. The molecule has 0 aliphatic carbocycles. The van der Waals surface area contributed by atoms with Crippen LogP contribution in [0.5, 0.6) is 5.75 Å². The maximum atomic E-state index is 13.4. The second-order valence-electron chi connectivity index (χ2n) is 3.22. The first-order valence-electron chi connectivity index (χ1n) is 5.00. The molecule has 0 unspecified atom stereocenters. The van der Waals surface area contributed by atoms with E-state index in [0.29, 0.717) is 4.31 Å². The van der Waals surface area contributed by atoms with Crippen molar-refractivity contribution in [1.82, 2.24) is 4.31 Å². The molecule has 0 aliphatic rings. The number of halogens is 3. The Bertz CT molecular complexity index is 599. The Labute approximate surface area is 107 Å². The second kappa shape index (κ2) is 5.79. The third-order valence-corrected chi connectivity index (χ3v) is 3.90. The van der Waals surface area contributed by atoms with E-state index in [1.54, 1.807) is 0 Å². The molecule has 0 aliphatic heterocycles. The van der Waals surface area contributed by atoms with Crippen molar-refractivity contribution in [3.63, 3.8) is 0 Å². The molecule has 0 saturated heterocycles. The predicted octanol–water partition coefficient (Wildman–Crippen LogP) is 1.92. The Morgan fingerprint density at radius 2 is 2.11 bits per heavy atom. The fourth-order valence-corrected chi connectivity index (χ4v) is 2.62. The maximum Gasteiger partial charge on any atom is 0.387 e. The van der Waals surface area contributed by atoms with E-state index in [0.717, 1.165) is 18.2 Å². The number of sulfonamides is 1. The van der Waals surface area contributed by atoms with Gasteiger partial charge in [0, 0.05) is 6.54 Å². The molecule has 0 amide bonds. The van der Waals surface area contributed by atoms with Crippen molar-refractivity contribution in [2.45, 2.75) is 18.4 Å². The lowest BCUT2D eigenvalue weighted by Crippen LogP contribution is -2.27. The highest BCUT2D eigenvalue weighted by Gasteiger charge is 2.29. The quantitative estimate of drug-likeness (QED) is 0.614. The molecular weight excluding hydrogens is 285 g/mol. The van der Waals surface area contributed by atoms with Gasteiger partial charge in [-0.15, -0.1) is 0 Å². The lowest BCUT2D eigenvalue weighted by molar-refractivity contribution is -0.0542. The predicted molar refractivity (Wildman–Crippen MR) is 58.2 cm³/mol. The summed E-state index contributed by atoms with van der Waals surface area (Å²) in [7, 11) is -4.43. The number of hydrogen-bond acceptors (Lipinski definition) is 4. The summed E-state index contributed by atoms with van der Waals surface area (Å²) in [5, 5.41) is 8.68. The summed E-state index contributed by atoms with van der Waals surface area (Å²) in [6.07, 6.45) is 1.37. The number of hydrogen-bond donors (Lipinski definition) is 0. The molecule has 5 nitrogen and oxygen atoms in total. The van der Waals surface area contributed by atoms with E-state index in [4.69, 9.17) is 5.26 Å². The molecule has 1 aromatic carbocycles. The summed E-state index contributed by atoms with van der Waals surface area (Å²) in [5.74, 6) is -2.36. The van der Waals surface area contributed by atoms with E-state index in [-0.39, 0.29) is 6.54 Å². The average Bonchev–Trinajstić information content (AvgIpc) is 2.32. The van der Waals surface area contributed by atoms with Crippen LogP contribution in [0.1, 0.15) is 6.92 Å². The van der Waals surface area contributed by atoms with Crippen molar-refractivity contribution in [1.29, 1.82) is 5.26 Å². The van der Waals surface area contributed by atoms with Crippen LogP contribution in [0.3, 0.4) is 0 Å². The molecule has 0 heterocycles. The van der Waals surface area contributed by atoms with Gasteiger partial charge in [-0.25, -0.2) is 17.1 Å². The van der Waals surface area contributed by atoms with E-state index in [1.165, 1.54) is 13.1 Å². The molecule has 1 rings (SSSR count). The van der Waals surface area contributed by atoms with Crippen molar-refractivity contribution in [3.8, 4) is 11.9 Å². The molecule has 1 aromatic rings. The molecule has 0 fully saturated rings. The van der Waals surface area contributed by atoms with Crippen molar-refractivity contribution < 1.29 is 26.3 Å². The molecular formula is C10H9F3N2O3S. The van der Waals surface area contributed by atoms with Crippen LogP contribution in [0.25, 0.3) is 0 Å². The van der Waals surface area contributed by atoms with Gasteiger partial charge < -0.3 is 4.74 Å². The van der Waals surface area contributed by atoms with Gasteiger partial charge in [-0.05, 0) is 19.1 Å². The van der Waals surface area contributed by atoms with Gasteiger partial charge >= 0.3 is 6.61 Å². The van der Waals surface area contributed by atoms with Gasteiger partial charge in [0.05, 0.1) is 0 Å². The van der Waals surface area contributed by atoms with Crippen LogP contribution in [0.15, 0.2) is 23.1 Å². The third kappa shape index (κ3) is 3.08. The molecule has 0 N–H and O–H groups in total. The SMILES string of the molecule is CCN(C#N)S(=O)(=O)c1cccc(F)c1OC(F)F. The van der Waals surface area contributed by atoms with Gasteiger partial charge in [0.1, 0.15) is 4.90 Å². The Morgan fingerprint density at radius 1 is 1.47 bits per heavy atom. The topological polar surface area (TPSA) is 70.4 Å². The number of nitriles is 1. The van der Waals surface area contributed by atoms with E-state index in [9.17, 15) is 21.6 Å². The van der Waals surface area contributed by atoms with Crippen molar-refractivity contribution in [3.05, 3.63) is 24.0 Å². The lowest BCUT2D eigenvalue weighted by Gasteiger charge is -2.16. The van der Waals surface area contributed by atoms with Crippen molar-refractivity contribution in [2.24, 2.45) is 0 Å². The van der Waals surface area contributed by atoms with Crippen LogP contribution in [0.4, 0.5) is 13.2 Å². The molecule has 19 heavy (non-hydrogen) atoms. The minimum atomic E-state index is -4.43. The highest BCUT2D eigenvalue weighted by molar-refractivity contribution is 7.89. The Kier molecular flexibility index (Phi) is 4.61. The van der Waals surface area contributed by atoms with Gasteiger partial charge in [0.15, 0.2) is 17.8 Å². The summed E-state index contributed by atoms with van der Waals surface area (Å²) in [4.78, 5) is -0.823. The normalized spacial score (nSPS) is 11.2. The van der Waals surface area contributed by atoms with E-state index in [2.05, 4.69) is 4.74 Å². The van der Waals surface area contributed by atoms with Crippen LogP contribution in [0.2, 0.25) is 0 Å². The van der Waals surface area contributed by atoms with Crippen molar-refractivity contribution in [2.75, 3.05) is 6.54 Å². The second-order valence-corrected chi connectivity index (χ2v) is 5.05. The highest BCUT2D eigenvalue weighted by Crippen LogP contribution is 2.30. The van der Waals surface area contributed by atoms with Gasteiger partial charge in [-0.1, -0.05) is 6.07 Å². The first-order valence-corrected chi connectivity index (χ1v) is 6.44. The first-order chi connectivity index (χ1) is 8.84. The van der Waals surface area contributed by atoms with Gasteiger partial charge in [-0.2, -0.15) is 14.0 Å². The van der Waals surface area contributed by atoms with Crippen LogP contribution < -0.4 is 4.74 Å². The average molecular weight is 294 g/mol. The lowest BCUT2D eigenvalue weighted by atomic mass is 10.3. The van der Waals surface area contributed by atoms with Crippen molar-refractivity contribution >= 4 is 10.0 Å². The standard InChI is InChI=1S/C10H9F3N2O3S/c1-2-15(6-14)19(16,17)8-5-3-4-7(11)9(8)18-10(12)13/h3-5,10H,2H2,1H3. The molecule has 0 radical (unpaired) electrons. The highest BCUT2D eigenvalue weighted by atomic mass is 32.2. The fraction of sp³-hybridized carbons (Fsp3) is 0.300. The van der Waals surface area contributed by atoms with E-state index >= 15 is 0 Å². The minimum Gasteiger partial charge on any atom is -0.430 e. The summed E-state index contributed by atoms with van der Waals surface area (Å²) in [5.41, 5.74) is 0. The van der Waals surface area contributed by atoms with Crippen LogP contribution in [-0.2, 0) is 10.0 Å². The Balaban J connectivity index is 3.43. The zero-order valence-corrected chi connectivity index (χ0v) is 10.5. The summed E-state index contributed by atoms with van der Waals surface area (Å²) in [6.45, 7) is -2.24. The maximum absolute atomic E-state index is 13.4. The number of benzene rings is 1. The number of ether oxygens (including phenoxy) is 1. The van der Waals surface area contributed by atoms with E-state index in [1.807, 2.05) is 0 Å². The molecule has 0 aromatic heterocycles. The molecule has 0 spiro atoms. The largest absolute Gasteiger partial charge is 0.430 e. The monoisotopic (exact) mass is 294 g/mol. The molecule has 9 heteroatoms. The molecule has 104 valence electrons. The number of alkyl halides is 2. The zero-order chi connectivity index (χ0) is 14.6. The van der Waals surface area contributed by atoms with Gasteiger partial charge in [-0.3, -0.25) is 0 Å². The van der Waals surface area contributed by atoms with Gasteiger partial charge in [0.2, 0.25) is 0 Å². The number of rotatable bonds is 5. The number of nitrogens with zero attached hydrogens (tertiary/aromatic N) is 2. The van der Waals surface area contributed by atoms with Crippen LogP contribution in [-0.4, -0.2) is 25.9 Å². The molecule has 0 saturated carbocycles. The minimum absolute atomic E-state index is 0.219. The molecule has 0 atom stereocenters. The summed E-state index contributed by atoms with van der Waals surface area (Å²) in [6, 6.07) is 2.68. The van der Waals surface area contributed by atoms with Crippen LogP contribution >= 0.6 is 0 Å². The Hall–Kier alpha value is -1.95. The van der Waals surface area contributed by atoms with Crippen LogP contribution in [0, 0.1) is 17.3 Å². The fourth-order valence-electron chi connectivity index (χ4n) is 1.31.